The highest BCUT2D eigenvalue weighted by atomic mass is 32.1. The van der Waals surface area contributed by atoms with Crippen LogP contribution in [-0.4, -0.2) is 4.98 Å². The number of aromatic nitrogens is 1. The number of thiazole rings is 1. The van der Waals surface area contributed by atoms with E-state index in [0.29, 0.717) is 0 Å². The van der Waals surface area contributed by atoms with Crippen LogP contribution in [0.5, 0.6) is 0 Å². The molecule has 0 atom stereocenters. The summed E-state index contributed by atoms with van der Waals surface area (Å²) in [4.78, 5) is 3.59. The van der Waals surface area contributed by atoms with E-state index >= 15 is 0 Å². The number of benzene rings is 1. The predicted octanol–water partition coefficient (Wildman–Crippen LogP) is 5.72. The molecule has 0 N–H and O–H groups in total. The summed E-state index contributed by atoms with van der Waals surface area (Å²) in [5.41, 5.74) is -7.79. The molecule has 2 rings (SSSR count). The molecule has 26 heavy (non-hydrogen) atoms. The fourth-order valence-corrected chi connectivity index (χ4v) is 2.86. The average Bonchev–Trinajstić information content (AvgIpc) is 2.91. The Hall–Kier alpha value is -1.82. The summed E-state index contributed by atoms with van der Waals surface area (Å²) in [5, 5.41) is 11.7. The third-order valence-electron chi connectivity index (χ3n) is 3.27. The number of hydrogen-bond acceptors (Lipinski definition) is 2. The van der Waals surface area contributed by atoms with E-state index < -0.39 is 53.8 Å². The molecule has 12 heteroatoms. The summed E-state index contributed by atoms with van der Waals surface area (Å²) < 4.78 is 117. The Balaban J connectivity index is 2.73. The molecule has 0 saturated heterocycles. The maximum Gasteiger partial charge on any atom is 0.416 e. The number of nitrogens with zero attached hydrogens (tertiary/aromatic N) is 1. The van der Waals surface area contributed by atoms with Gasteiger partial charge in [-0.15, -0.1) is 11.3 Å². The van der Waals surface area contributed by atoms with Crippen LogP contribution in [0.4, 0.5) is 39.5 Å². The minimum atomic E-state index is -5.45. The zero-order chi connectivity index (χ0) is 19.9. The molecule has 143 valence electrons. The van der Waals surface area contributed by atoms with Crippen LogP contribution in [0.2, 0.25) is 0 Å². The molecule has 0 amide bonds. The van der Waals surface area contributed by atoms with Crippen LogP contribution in [0, 0.1) is 0 Å². The summed E-state index contributed by atoms with van der Waals surface area (Å²) in [6.45, 7) is -0.823. The third kappa shape index (κ3) is 4.47. The second-order valence-corrected chi connectivity index (χ2v) is 6.04. The fourth-order valence-electron chi connectivity index (χ4n) is 2.21. The van der Waals surface area contributed by atoms with Crippen molar-refractivity contribution in [1.29, 1.82) is 0 Å². The van der Waals surface area contributed by atoms with Crippen molar-refractivity contribution in [2.75, 3.05) is 0 Å². The van der Waals surface area contributed by atoms with Crippen molar-refractivity contribution < 1.29 is 44.6 Å². The number of hydrogen-bond donors (Lipinski definition) is 0. The van der Waals surface area contributed by atoms with Gasteiger partial charge >= 0.3 is 18.5 Å². The highest BCUT2D eigenvalue weighted by molar-refractivity contribution is 7.09. The Bertz CT molecular complexity index is 754. The van der Waals surface area contributed by atoms with Crippen molar-refractivity contribution in [3.63, 3.8) is 0 Å². The number of rotatable bonds is 3. The van der Waals surface area contributed by atoms with Crippen LogP contribution in [0.25, 0.3) is 0 Å². The number of alkyl halides is 9. The summed E-state index contributed by atoms with van der Waals surface area (Å²) in [6.07, 6.45) is -17.3. The van der Waals surface area contributed by atoms with Crippen molar-refractivity contribution in [3.8, 4) is 0 Å². The van der Waals surface area contributed by atoms with Crippen LogP contribution in [0.15, 0.2) is 17.5 Å². The van der Waals surface area contributed by atoms with Gasteiger partial charge in [0.1, 0.15) is 11.6 Å². The van der Waals surface area contributed by atoms with Gasteiger partial charge in [0.25, 0.3) is 0 Å². The highest BCUT2D eigenvalue weighted by Gasteiger charge is 2.44. The van der Waals surface area contributed by atoms with Crippen molar-refractivity contribution >= 4 is 11.3 Å². The van der Waals surface area contributed by atoms with Gasteiger partial charge in [0.05, 0.1) is 22.4 Å². The molecule has 0 aliphatic carbocycles. The first-order chi connectivity index (χ1) is 11.7. The maximum atomic E-state index is 13.2. The lowest BCUT2D eigenvalue weighted by Crippen LogP contribution is -2.20. The Labute approximate surface area is 143 Å². The van der Waals surface area contributed by atoms with Gasteiger partial charge in [-0.3, -0.25) is 0 Å². The van der Waals surface area contributed by atoms with Crippen molar-refractivity contribution in [3.05, 3.63) is 50.5 Å². The lowest BCUT2D eigenvalue weighted by Gasteiger charge is -2.21. The smallest absolute Gasteiger partial charge is 0.243 e. The molecule has 0 unspecified atom stereocenters. The van der Waals surface area contributed by atoms with E-state index in [1.165, 1.54) is 0 Å². The van der Waals surface area contributed by atoms with E-state index in [1.807, 2.05) is 0 Å². The molecular weight excluding hydrogens is 401 g/mol. The zero-order valence-electron chi connectivity index (χ0n) is 12.3. The zero-order valence-corrected chi connectivity index (χ0v) is 13.1. The molecule has 0 spiro atoms. The summed E-state index contributed by atoms with van der Waals surface area (Å²) in [5.74, 6) is 0. The van der Waals surface area contributed by atoms with E-state index in [1.54, 1.807) is 0 Å². The first kappa shape index (κ1) is 20.5. The molecule has 0 bridgehead atoms. The van der Waals surface area contributed by atoms with Crippen LogP contribution in [0.1, 0.15) is 33.0 Å². The average molecular weight is 408 g/mol. The van der Waals surface area contributed by atoms with Gasteiger partial charge in [-0.25, -0.2) is 10.1 Å². The van der Waals surface area contributed by atoms with Crippen molar-refractivity contribution in [1.82, 2.24) is 4.98 Å². The van der Waals surface area contributed by atoms with Gasteiger partial charge in [0, 0.05) is 11.8 Å². The summed E-state index contributed by atoms with van der Waals surface area (Å²) in [6, 6.07) is -0.711. The van der Waals surface area contributed by atoms with E-state index in [2.05, 4.69) is 4.98 Å². The van der Waals surface area contributed by atoms with Gasteiger partial charge in [-0.05, 0) is 17.7 Å². The lowest BCUT2D eigenvalue weighted by molar-refractivity contribution is -0.149. The standard InChI is InChI=1S/C14H7F9NOS/c15-12(16,17)6-1-9(13(18,19)20)8(10(2-6)14(21,22)23)3-7-5-26-11(4-25)24-7/h1-2,5H,3-4H2. The Morgan fingerprint density at radius 2 is 1.35 bits per heavy atom. The second-order valence-electron chi connectivity index (χ2n) is 5.10. The van der Waals surface area contributed by atoms with Crippen LogP contribution >= 0.6 is 11.3 Å². The quantitative estimate of drug-likeness (QED) is 0.598. The van der Waals surface area contributed by atoms with Gasteiger partial charge < -0.3 is 0 Å². The van der Waals surface area contributed by atoms with Crippen LogP contribution in [0.3, 0.4) is 0 Å². The van der Waals surface area contributed by atoms with Gasteiger partial charge in [-0.2, -0.15) is 39.5 Å². The normalized spacial score (nSPS) is 13.3. The molecule has 1 heterocycles. The van der Waals surface area contributed by atoms with E-state index in [0.717, 1.165) is 16.7 Å². The van der Waals surface area contributed by atoms with Gasteiger partial charge in [-0.1, -0.05) is 0 Å². The highest BCUT2D eigenvalue weighted by Crippen LogP contribution is 2.44. The van der Waals surface area contributed by atoms with E-state index in [-0.39, 0.29) is 22.8 Å². The Kier molecular flexibility index (Phi) is 5.30. The first-order valence-corrected chi connectivity index (χ1v) is 7.51. The molecule has 2 aromatic rings. The monoisotopic (exact) mass is 408 g/mol. The van der Waals surface area contributed by atoms with E-state index in [9.17, 15) is 44.6 Å². The summed E-state index contributed by atoms with van der Waals surface area (Å²) >= 11 is 0.737. The molecule has 1 aromatic heterocycles. The SMILES string of the molecule is [O]Cc1nc(Cc2c(C(F)(F)F)cc(C(F)(F)F)cc2C(F)(F)F)cs1. The van der Waals surface area contributed by atoms with Crippen molar-refractivity contribution in [2.24, 2.45) is 0 Å². The molecule has 0 fully saturated rings. The molecule has 1 radical (unpaired) electrons. The largest absolute Gasteiger partial charge is 0.416 e. The third-order valence-corrected chi connectivity index (χ3v) is 4.14. The van der Waals surface area contributed by atoms with Gasteiger partial charge in [0.15, 0.2) is 0 Å². The van der Waals surface area contributed by atoms with Crippen molar-refractivity contribution in [2.45, 2.75) is 31.6 Å². The second kappa shape index (κ2) is 6.72. The van der Waals surface area contributed by atoms with Crippen LogP contribution in [-0.2, 0) is 36.7 Å². The topological polar surface area (TPSA) is 32.8 Å². The molecular formula is C14H7F9NOS. The predicted molar refractivity (Wildman–Crippen MR) is 70.8 cm³/mol. The molecule has 0 aliphatic rings. The maximum absolute atomic E-state index is 13.2. The number of halogens is 9. The minimum absolute atomic E-state index is 0.0611. The molecule has 2 nitrogen and oxygen atoms in total. The van der Waals surface area contributed by atoms with Gasteiger partial charge in [0.2, 0.25) is 0 Å². The molecule has 1 aromatic carbocycles. The lowest BCUT2D eigenvalue weighted by atomic mass is 9.93. The summed E-state index contributed by atoms with van der Waals surface area (Å²) in [7, 11) is 0. The Morgan fingerprint density at radius 1 is 0.846 bits per heavy atom. The van der Waals surface area contributed by atoms with Crippen LogP contribution < -0.4 is 0 Å². The minimum Gasteiger partial charge on any atom is -0.243 e. The molecule has 0 aliphatic heterocycles. The Morgan fingerprint density at radius 3 is 1.69 bits per heavy atom. The fraction of sp³-hybridized carbons (Fsp3) is 0.357. The van der Waals surface area contributed by atoms with E-state index in [4.69, 9.17) is 0 Å². The first-order valence-electron chi connectivity index (χ1n) is 6.63. The molecule has 0 saturated carbocycles.